The predicted molar refractivity (Wildman–Crippen MR) is 169 cm³/mol. The summed E-state index contributed by atoms with van der Waals surface area (Å²) in [6, 6.07) is 33.8. The highest BCUT2D eigenvalue weighted by Crippen LogP contribution is 2.35. The van der Waals surface area contributed by atoms with Crippen LogP contribution >= 0.6 is 11.8 Å². The van der Waals surface area contributed by atoms with Crippen LogP contribution in [0.3, 0.4) is 0 Å². The van der Waals surface area contributed by atoms with Crippen molar-refractivity contribution in [2.75, 3.05) is 12.4 Å². The molecule has 6 rings (SSSR count). The fraction of sp³-hybridized carbons (Fsp3) is 0.0909. The molecule has 2 heterocycles. The van der Waals surface area contributed by atoms with Crippen molar-refractivity contribution >= 4 is 38.8 Å². The zero-order chi connectivity index (χ0) is 28.9. The quantitative estimate of drug-likeness (QED) is 0.155. The van der Waals surface area contributed by atoms with Crippen LogP contribution in [0.2, 0.25) is 0 Å². The number of benzene rings is 4. The third-order valence-corrected chi connectivity index (χ3v) is 9.25. The molecule has 0 unspecified atom stereocenters. The number of rotatable bonds is 10. The molecule has 7 nitrogen and oxygen atoms in total. The summed E-state index contributed by atoms with van der Waals surface area (Å²) < 4.78 is 36.4. The molecule has 0 amide bonds. The largest absolute Gasteiger partial charge is 0.494 e. The monoisotopic (exact) mass is 592 g/mol. The van der Waals surface area contributed by atoms with Crippen molar-refractivity contribution in [3.8, 4) is 22.8 Å². The molecule has 0 aliphatic carbocycles. The normalized spacial score (nSPS) is 11.8. The Balaban J connectivity index is 1.45. The molecule has 0 aliphatic heterocycles. The van der Waals surface area contributed by atoms with Crippen molar-refractivity contribution < 1.29 is 13.2 Å². The number of hydrogen-bond acceptors (Lipinski definition) is 6. The number of thioether (sulfide) groups is 1. The Hall–Kier alpha value is -4.60. The van der Waals surface area contributed by atoms with E-state index in [0.717, 1.165) is 22.4 Å². The van der Waals surface area contributed by atoms with Gasteiger partial charge in [0.05, 0.1) is 17.0 Å². The van der Waals surface area contributed by atoms with Crippen molar-refractivity contribution in [2.45, 2.75) is 17.0 Å². The van der Waals surface area contributed by atoms with Crippen LogP contribution in [0, 0.1) is 0 Å². The molecule has 0 N–H and O–H groups in total. The number of hydrogen-bond donors (Lipinski definition) is 0. The lowest BCUT2D eigenvalue weighted by atomic mass is 10.1. The number of ether oxygens (including phenoxy) is 1. The third-order valence-electron chi connectivity index (χ3n) is 6.68. The highest BCUT2D eigenvalue weighted by atomic mass is 32.2. The van der Waals surface area contributed by atoms with Crippen LogP contribution in [0.25, 0.3) is 34.1 Å². The number of fused-ring (bicyclic) bond motifs is 1. The molecule has 0 atom stereocenters. The summed E-state index contributed by atoms with van der Waals surface area (Å²) in [4.78, 5) is 0.215. The fourth-order valence-corrected chi connectivity index (χ4v) is 6.88. The fourth-order valence-electron chi connectivity index (χ4n) is 4.73. The highest BCUT2D eigenvalue weighted by molar-refractivity contribution is 7.99. The van der Waals surface area contributed by atoms with E-state index in [4.69, 9.17) is 4.74 Å². The lowest BCUT2D eigenvalue weighted by Crippen LogP contribution is -2.11. The van der Waals surface area contributed by atoms with E-state index in [1.165, 1.54) is 3.97 Å². The molecular formula is C33H28N4O3S2. The van der Waals surface area contributed by atoms with E-state index in [1.54, 1.807) is 54.4 Å². The molecule has 0 fully saturated rings. The second-order valence-electron chi connectivity index (χ2n) is 9.37. The first-order valence-electron chi connectivity index (χ1n) is 13.5. The van der Waals surface area contributed by atoms with Gasteiger partial charge in [-0.05, 0) is 55.0 Å². The minimum atomic E-state index is -3.85. The summed E-state index contributed by atoms with van der Waals surface area (Å²) in [6.45, 7) is 2.52. The van der Waals surface area contributed by atoms with Crippen molar-refractivity contribution in [1.82, 2.24) is 18.7 Å². The molecule has 2 aromatic heterocycles. The molecule has 42 heavy (non-hydrogen) atoms. The Morgan fingerprint density at radius 2 is 1.52 bits per heavy atom. The maximum absolute atomic E-state index is 13.7. The lowest BCUT2D eigenvalue weighted by molar-refractivity contribution is 0.340. The van der Waals surface area contributed by atoms with Gasteiger partial charge in [-0.3, -0.25) is 4.57 Å². The SMILES string of the molecule is CCOc1ccc(-n2c(SC/C=C/c3ccccc3)nnc2-c2cn(S(=O)(=O)c3ccccc3)c3ccccc23)cc1. The summed E-state index contributed by atoms with van der Waals surface area (Å²) in [7, 11) is -3.85. The van der Waals surface area contributed by atoms with Crippen LogP contribution in [0.1, 0.15) is 12.5 Å². The van der Waals surface area contributed by atoms with Crippen molar-refractivity contribution in [1.29, 1.82) is 0 Å². The Morgan fingerprint density at radius 1 is 0.833 bits per heavy atom. The maximum atomic E-state index is 13.7. The highest BCUT2D eigenvalue weighted by Gasteiger charge is 2.25. The second-order valence-corrected chi connectivity index (χ2v) is 12.2. The molecule has 210 valence electrons. The van der Waals surface area contributed by atoms with E-state index in [-0.39, 0.29) is 4.90 Å². The molecular weight excluding hydrogens is 565 g/mol. The van der Waals surface area contributed by atoms with Crippen LogP contribution in [-0.2, 0) is 10.0 Å². The summed E-state index contributed by atoms with van der Waals surface area (Å²) in [5.74, 6) is 1.99. The van der Waals surface area contributed by atoms with E-state index >= 15 is 0 Å². The summed E-state index contributed by atoms with van der Waals surface area (Å²) in [6.07, 6.45) is 5.81. The second kappa shape index (κ2) is 12.1. The van der Waals surface area contributed by atoms with E-state index in [2.05, 4.69) is 34.5 Å². The van der Waals surface area contributed by atoms with E-state index in [1.807, 2.05) is 72.2 Å². The zero-order valence-corrected chi connectivity index (χ0v) is 24.5. The van der Waals surface area contributed by atoms with Crippen molar-refractivity contribution in [3.63, 3.8) is 0 Å². The number of aromatic nitrogens is 4. The Labute approximate surface area is 249 Å². The average Bonchev–Trinajstić information content (AvgIpc) is 3.63. The van der Waals surface area contributed by atoms with Crippen LogP contribution in [0.5, 0.6) is 5.75 Å². The van der Waals surface area contributed by atoms with Gasteiger partial charge in [0.2, 0.25) is 0 Å². The van der Waals surface area contributed by atoms with E-state index in [9.17, 15) is 8.42 Å². The van der Waals surface area contributed by atoms with Gasteiger partial charge in [-0.2, -0.15) is 0 Å². The standard InChI is InChI=1S/C33H28N4O3S2/c1-2-40-27-21-19-26(20-22-27)37-32(34-35-33(37)41-23-11-14-25-12-5-3-6-13-25)30-24-36(31-18-10-9-17-29(30)31)42(38,39)28-15-7-4-8-16-28/h3-22,24H,2,23H2,1H3/b14-11+. The van der Waals surface area contributed by atoms with Gasteiger partial charge in [-0.15, -0.1) is 10.2 Å². The van der Waals surface area contributed by atoms with Crippen molar-refractivity contribution in [2.24, 2.45) is 0 Å². The van der Waals surface area contributed by atoms with Gasteiger partial charge in [0, 0.05) is 28.6 Å². The summed E-state index contributed by atoms with van der Waals surface area (Å²) >= 11 is 1.55. The maximum Gasteiger partial charge on any atom is 0.268 e. The first-order valence-corrected chi connectivity index (χ1v) is 15.9. The predicted octanol–water partition coefficient (Wildman–Crippen LogP) is 7.33. The van der Waals surface area contributed by atoms with Gasteiger partial charge in [0.25, 0.3) is 10.0 Å². The Kier molecular flexibility index (Phi) is 7.94. The van der Waals surface area contributed by atoms with E-state index < -0.39 is 10.0 Å². The Bertz CT molecular complexity index is 1950. The van der Waals surface area contributed by atoms with Gasteiger partial charge in [0.1, 0.15) is 5.75 Å². The van der Waals surface area contributed by atoms with Gasteiger partial charge in [-0.25, -0.2) is 12.4 Å². The topological polar surface area (TPSA) is 79.0 Å². The molecule has 0 spiro atoms. The lowest BCUT2D eigenvalue weighted by Gasteiger charge is -2.11. The number of nitrogens with zero attached hydrogens (tertiary/aromatic N) is 4. The third kappa shape index (κ3) is 5.48. The van der Waals surface area contributed by atoms with Gasteiger partial charge in [-0.1, -0.05) is 90.6 Å². The smallest absolute Gasteiger partial charge is 0.268 e. The molecule has 0 radical (unpaired) electrons. The molecule has 0 saturated heterocycles. The van der Waals surface area contributed by atoms with Crippen LogP contribution in [0.15, 0.2) is 132 Å². The molecule has 0 bridgehead atoms. The minimum absolute atomic E-state index is 0.215. The van der Waals surface area contributed by atoms with Gasteiger partial charge in [0.15, 0.2) is 11.0 Å². The molecule has 0 aliphatic rings. The summed E-state index contributed by atoms with van der Waals surface area (Å²) in [5, 5.41) is 10.6. The minimum Gasteiger partial charge on any atom is -0.494 e. The van der Waals surface area contributed by atoms with Crippen LogP contribution in [-0.4, -0.2) is 39.5 Å². The Morgan fingerprint density at radius 3 is 2.26 bits per heavy atom. The summed E-state index contributed by atoms with van der Waals surface area (Å²) in [5.41, 5.74) is 3.20. The van der Waals surface area contributed by atoms with Crippen LogP contribution < -0.4 is 4.74 Å². The van der Waals surface area contributed by atoms with E-state index in [0.29, 0.717) is 34.4 Å². The molecule has 9 heteroatoms. The van der Waals surface area contributed by atoms with Gasteiger partial charge >= 0.3 is 0 Å². The average molecular weight is 593 g/mol. The molecule has 4 aromatic carbocycles. The van der Waals surface area contributed by atoms with Crippen molar-refractivity contribution in [3.05, 3.63) is 127 Å². The number of para-hydroxylation sites is 1. The van der Waals surface area contributed by atoms with Crippen LogP contribution in [0.4, 0.5) is 0 Å². The molecule has 6 aromatic rings. The first kappa shape index (κ1) is 27.6. The first-order chi connectivity index (χ1) is 20.6. The van der Waals surface area contributed by atoms with Gasteiger partial charge < -0.3 is 4.74 Å². The zero-order valence-electron chi connectivity index (χ0n) is 22.9. The molecule has 0 saturated carbocycles.